The minimum absolute atomic E-state index is 0.168. The smallest absolute Gasteiger partial charge is 0.177 e. The maximum absolute atomic E-state index is 11.7. The summed E-state index contributed by atoms with van der Waals surface area (Å²) in [7, 11) is -3.27. The lowest BCUT2D eigenvalue weighted by molar-refractivity contribution is 0.244. The van der Waals surface area contributed by atoms with Crippen molar-refractivity contribution in [2.75, 3.05) is 6.26 Å². The van der Waals surface area contributed by atoms with Crippen LogP contribution in [0.4, 0.5) is 0 Å². The van der Waals surface area contributed by atoms with Gasteiger partial charge < -0.3 is 10.7 Å². The van der Waals surface area contributed by atoms with Gasteiger partial charge in [-0.1, -0.05) is 6.07 Å². The molecule has 3 N–H and O–H groups in total. The van der Waals surface area contributed by atoms with E-state index in [9.17, 15) is 8.42 Å². The average Bonchev–Trinajstić information content (AvgIpc) is 2.66. The maximum atomic E-state index is 11.7. The van der Waals surface area contributed by atoms with Gasteiger partial charge in [-0.15, -0.1) is 0 Å². The Kier molecular flexibility index (Phi) is 2.69. The van der Waals surface area contributed by atoms with Gasteiger partial charge in [-0.05, 0) is 31.4 Å². The minimum atomic E-state index is -3.27. The number of nitrogens with one attached hydrogen (secondary N) is 1. The molecule has 1 aromatic heterocycles. The standard InChI is InChI=1S/C13H17N3O2S/c1-19(17,18)10-5-2-4-9-12(10)16-11(15-9)8-13(14)6-3-7-13/h2,4-5H,3,6-8,14H2,1H3,(H,15,16). The quantitative estimate of drug-likeness (QED) is 0.888. The Bertz CT molecular complexity index is 729. The Labute approximate surface area is 112 Å². The van der Waals surface area contributed by atoms with Crippen LogP contribution in [0.3, 0.4) is 0 Å². The molecule has 0 atom stereocenters. The minimum Gasteiger partial charge on any atom is -0.342 e. The van der Waals surface area contributed by atoms with E-state index in [4.69, 9.17) is 5.73 Å². The van der Waals surface area contributed by atoms with Gasteiger partial charge in [-0.3, -0.25) is 0 Å². The van der Waals surface area contributed by atoms with Crippen molar-refractivity contribution in [1.29, 1.82) is 0 Å². The number of imidazole rings is 1. The van der Waals surface area contributed by atoms with E-state index in [0.717, 1.165) is 30.6 Å². The van der Waals surface area contributed by atoms with E-state index in [1.807, 2.05) is 6.07 Å². The number of benzene rings is 1. The lowest BCUT2D eigenvalue weighted by atomic mass is 9.75. The molecular weight excluding hydrogens is 262 g/mol. The van der Waals surface area contributed by atoms with Gasteiger partial charge in [0.05, 0.1) is 10.4 Å². The van der Waals surface area contributed by atoms with Gasteiger partial charge in [0.25, 0.3) is 0 Å². The zero-order valence-corrected chi connectivity index (χ0v) is 11.6. The van der Waals surface area contributed by atoms with Crippen LogP contribution in [0.2, 0.25) is 0 Å². The first-order chi connectivity index (χ1) is 8.87. The number of H-pyrrole nitrogens is 1. The summed E-state index contributed by atoms with van der Waals surface area (Å²) in [5.74, 6) is 0.772. The number of nitrogens with zero attached hydrogens (tertiary/aromatic N) is 1. The molecule has 1 aromatic carbocycles. The highest BCUT2D eigenvalue weighted by Crippen LogP contribution is 2.32. The molecule has 0 unspecified atom stereocenters. The number of para-hydroxylation sites is 1. The fourth-order valence-electron chi connectivity index (χ4n) is 2.58. The van der Waals surface area contributed by atoms with Crippen LogP contribution >= 0.6 is 0 Å². The monoisotopic (exact) mass is 279 g/mol. The third kappa shape index (κ3) is 2.26. The number of sulfone groups is 1. The first kappa shape index (κ1) is 12.6. The molecular formula is C13H17N3O2S. The predicted octanol–water partition coefficient (Wildman–Crippen LogP) is 1.39. The summed E-state index contributed by atoms with van der Waals surface area (Å²) in [6, 6.07) is 5.15. The summed E-state index contributed by atoms with van der Waals surface area (Å²) in [5, 5.41) is 0. The molecule has 0 spiro atoms. The molecule has 1 aliphatic rings. The molecule has 0 aliphatic heterocycles. The summed E-state index contributed by atoms with van der Waals surface area (Å²) in [4.78, 5) is 7.88. The predicted molar refractivity (Wildman–Crippen MR) is 73.7 cm³/mol. The molecule has 102 valence electrons. The van der Waals surface area contributed by atoms with E-state index in [1.165, 1.54) is 6.26 Å². The highest BCUT2D eigenvalue weighted by atomic mass is 32.2. The Morgan fingerprint density at radius 3 is 2.74 bits per heavy atom. The summed E-state index contributed by atoms with van der Waals surface area (Å²) >= 11 is 0. The number of nitrogens with two attached hydrogens (primary N) is 1. The second-order valence-corrected chi connectivity index (χ2v) is 7.48. The Hall–Kier alpha value is -1.40. The highest BCUT2D eigenvalue weighted by Gasteiger charge is 2.33. The number of hydrogen-bond donors (Lipinski definition) is 2. The number of fused-ring (bicyclic) bond motifs is 1. The Morgan fingerprint density at radius 1 is 1.42 bits per heavy atom. The first-order valence-corrected chi connectivity index (χ1v) is 8.23. The van der Waals surface area contributed by atoms with Crippen LogP contribution in [0.25, 0.3) is 11.0 Å². The van der Waals surface area contributed by atoms with Gasteiger partial charge >= 0.3 is 0 Å². The van der Waals surface area contributed by atoms with Crippen molar-refractivity contribution in [2.45, 2.75) is 36.1 Å². The van der Waals surface area contributed by atoms with Crippen LogP contribution < -0.4 is 5.73 Å². The molecule has 0 saturated heterocycles. The van der Waals surface area contributed by atoms with Gasteiger partial charge in [0, 0.05) is 18.2 Å². The number of aromatic nitrogens is 2. The van der Waals surface area contributed by atoms with Gasteiger partial charge in [0.15, 0.2) is 9.84 Å². The van der Waals surface area contributed by atoms with Crippen LogP contribution in [0, 0.1) is 0 Å². The number of hydrogen-bond acceptors (Lipinski definition) is 4. The van der Waals surface area contributed by atoms with Crippen molar-refractivity contribution in [3.8, 4) is 0 Å². The topological polar surface area (TPSA) is 88.8 Å². The second-order valence-electron chi connectivity index (χ2n) is 5.50. The van der Waals surface area contributed by atoms with Crippen molar-refractivity contribution in [3.05, 3.63) is 24.0 Å². The van der Waals surface area contributed by atoms with Gasteiger partial charge in [0.2, 0.25) is 0 Å². The van der Waals surface area contributed by atoms with Crippen molar-refractivity contribution in [3.63, 3.8) is 0 Å². The number of rotatable bonds is 3. The highest BCUT2D eigenvalue weighted by molar-refractivity contribution is 7.91. The van der Waals surface area contributed by atoms with Crippen molar-refractivity contribution < 1.29 is 8.42 Å². The van der Waals surface area contributed by atoms with Crippen molar-refractivity contribution in [2.24, 2.45) is 5.73 Å². The van der Waals surface area contributed by atoms with E-state index in [2.05, 4.69) is 9.97 Å². The molecule has 1 aliphatic carbocycles. The van der Waals surface area contributed by atoms with Crippen LogP contribution in [0.1, 0.15) is 25.1 Å². The van der Waals surface area contributed by atoms with E-state index in [1.54, 1.807) is 12.1 Å². The molecule has 19 heavy (non-hydrogen) atoms. The lowest BCUT2D eigenvalue weighted by Gasteiger charge is -2.37. The zero-order chi connectivity index (χ0) is 13.7. The van der Waals surface area contributed by atoms with Crippen LogP contribution in [0.15, 0.2) is 23.1 Å². The fourth-order valence-corrected chi connectivity index (χ4v) is 3.41. The summed E-state index contributed by atoms with van der Waals surface area (Å²) in [6.45, 7) is 0. The van der Waals surface area contributed by atoms with E-state index in [0.29, 0.717) is 11.9 Å². The summed E-state index contributed by atoms with van der Waals surface area (Å²) in [5.41, 5.74) is 7.30. The molecule has 3 rings (SSSR count). The zero-order valence-electron chi connectivity index (χ0n) is 10.8. The normalized spacial score (nSPS) is 18.4. The van der Waals surface area contributed by atoms with Gasteiger partial charge in [-0.2, -0.15) is 0 Å². The third-order valence-electron chi connectivity index (χ3n) is 3.79. The molecule has 0 radical (unpaired) electrons. The van der Waals surface area contributed by atoms with Crippen molar-refractivity contribution >= 4 is 20.9 Å². The molecule has 1 fully saturated rings. The van der Waals surface area contributed by atoms with Crippen LogP contribution in [0.5, 0.6) is 0 Å². The lowest BCUT2D eigenvalue weighted by Crippen LogP contribution is -2.48. The molecule has 6 heteroatoms. The summed E-state index contributed by atoms with van der Waals surface area (Å²) < 4.78 is 23.5. The average molecular weight is 279 g/mol. The summed E-state index contributed by atoms with van der Waals surface area (Å²) in [6.07, 6.45) is 5.04. The number of aromatic amines is 1. The largest absolute Gasteiger partial charge is 0.342 e. The third-order valence-corrected chi connectivity index (χ3v) is 4.92. The Balaban J connectivity index is 2.06. The van der Waals surface area contributed by atoms with Gasteiger partial charge in [0.1, 0.15) is 11.3 Å². The molecule has 2 aromatic rings. The molecule has 1 saturated carbocycles. The fraction of sp³-hybridized carbons (Fsp3) is 0.462. The molecule has 5 nitrogen and oxygen atoms in total. The van der Waals surface area contributed by atoms with Crippen LogP contribution in [-0.4, -0.2) is 30.2 Å². The Morgan fingerprint density at radius 2 is 2.16 bits per heavy atom. The molecule has 1 heterocycles. The first-order valence-electron chi connectivity index (χ1n) is 6.34. The van der Waals surface area contributed by atoms with E-state index >= 15 is 0 Å². The van der Waals surface area contributed by atoms with E-state index < -0.39 is 9.84 Å². The molecule has 0 bridgehead atoms. The van der Waals surface area contributed by atoms with Gasteiger partial charge in [-0.25, -0.2) is 13.4 Å². The maximum Gasteiger partial charge on any atom is 0.177 e. The SMILES string of the molecule is CS(=O)(=O)c1cccc2[nH]c(CC3(N)CCC3)nc12. The van der Waals surface area contributed by atoms with E-state index in [-0.39, 0.29) is 10.4 Å². The molecule has 0 amide bonds. The van der Waals surface area contributed by atoms with Crippen molar-refractivity contribution in [1.82, 2.24) is 9.97 Å². The second kappa shape index (κ2) is 4.05. The van der Waals surface area contributed by atoms with Crippen LogP contribution in [-0.2, 0) is 16.3 Å².